The molecule has 0 fully saturated rings. The summed E-state index contributed by atoms with van der Waals surface area (Å²) in [4.78, 5) is 17.2. The lowest BCUT2D eigenvalue weighted by atomic mass is 9.91. The third kappa shape index (κ3) is 4.67. The molecule has 35 heavy (non-hydrogen) atoms. The van der Waals surface area contributed by atoms with Crippen molar-refractivity contribution in [1.29, 1.82) is 0 Å². The van der Waals surface area contributed by atoms with Crippen molar-refractivity contribution in [3.8, 4) is 0 Å². The second kappa shape index (κ2) is 9.20. The van der Waals surface area contributed by atoms with Crippen LogP contribution in [0.25, 0.3) is 10.9 Å². The van der Waals surface area contributed by atoms with Crippen LogP contribution in [0.4, 0.5) is 11.4 Å². The lowest BCUT2D eigenvalue weighted by Crippen LogP contribution is -2.29. The third-order valence-electron chi connectivity index (χ3n) is 6.57. The number of H-pyrrole nitrogens is 1. The minimum Gasteiger partial charge on any atom is -0.378 e. The molecule has 1 aliphatic rings. The minimum absolute atomic E-state index is 0.0481. The van der Waals surface area contributed by atoms with Gasteiger partial charge in [0, 0.05) is 61.5 Å². The zero-order chi connectivity index (χ0) is 24.6. The molecule has 0 radical (unpaired) electrons. The van der Waals surface area contributed by atoms with Crippen LogP contribution in [0.2, 0.25) is 0 Å². The smallest absolute Gasteiger partial charge is 0.240 e. The van der Waals surface area contributed by atoms with Gasteiger partial charge in [0.25, 0.3) is 0 Å². The number of aromatic nitrogens is 1. The van der Waals surface area contributed by atoms with Crippen molar-refractivity contribution in [3.63, 3.8) is 0 Å². The van der Waals surface area contributed by atoms with Crippen LogP contribution in [-0.2, 0) is 21.2 Å². The number of aryl methyl sites for hydroxylation is 1. The molecule has 0 aliphatic carbocycles. The number of carbonyl (C=O) groups excluding carboxylic acids is 1. The van der Waals surface area contributed by atoms with Gasteiger partial charge in [-0.2, -0.15) is 0 Å². The van der Waals surface area contributed by atoms with Crippen molar-refractivity contribution in [1.82, 2.24) is 9.71 Å². The number of hydrogen-bond donors (Lipinski definition) is 3. The number of benzene rings is 3. The monoisotopic (exact) mass is 488 g/mol. The molecule has 5 rings (SSSR count). The molecule has 0 bridgehead atoms. The van der Waals surface area contributed by atoms with Gasteiger partial charge < -0.3 is 15.2 Å². The summed E-state index contributed by atoms with van der Waals surface area (Å²) in [6.07, 6.45) is 2.85. The molecular weight excluding hydrogens is 460 g/mol. The number of hydrogen-bond acceptors (Lipinski definition) is 4. The Morgan fingerprint density at radius 3 is 2.54 bits per heavy atom. The number of aromatic amines is 1. The highest BCUT2D eigenvalue weighted by Crippen LogP contribution is 2.32. The summed E-state index contributed by atoms with van der Waals surface area (Å²) in [6.45, 7) is 0.208. The molecule has 4 aromatic rings. The van der Waals surface area contributed by atoms with Crippen LogP contribution in [0.1, 0.15) is 29.0 Å². The van der Waals surface area contributed by atoms with Crippen LogP contribution in [0, 0.1) is 0 Å². The van der Waals surface area contributed by atoms with Crippen molar-refractivity contribution in [2.24, 2.45) is 0 Å². The fourth-order valence-electron chi connectivity index (χ4n) is 4.60. The van der Waals surface area contributed by atoms with E-state index in [2.05, 4.69) is 33.2 Å². The maximum atomic E-state index is 13.3. The average Bonchev–Trinajstić information content (AvgIpc) is 3.28. The van der Waals surface area contributed by atoms with Crippen LogP contribution < -0.4 is 14.9 Å². The van der Waals surface area contributed by atoms with Crippen LogP contribution in [0.3, 0.4) is 0 Å². The Morgan fingerprint density at radius 1 is 1.00 bits per heavy atom. The highest BCUT2D eigenvalue weighted by Gasteiger charge is 2.24. The second-order valence-corrected chi connectivity index (χ2v) is 10.8. The van der Waals surface area contributed by atoms with E-state index in [9.17, 15) is 13.2 Å². The summed E-state index contributed by atoms with van der Waals surface area (Å²) < 4.78 is 29.4. The number of carbonyl (C=O) groups is 1. The molecule has 7 nitrogen and oxygen atoms in total. The minimum atomic E-state index is -3.76. The Bertz CT molecular complexity index is 1490. The number of nitrogens with one attached hydrogen (secondary N) is 3. The summed E-state index contributed by atoms with van der Waals surface area (Å²) in [5, 5.41) is 3.86. The number of fused-ring (bicyclic) bond motifs is 2. The van der Waals surface area contributed by atoms with Crippen molar-refractivity contribution >= 4 is 38.2 Å². The lowest BCUT2D eigenvalue weighted by Gasteiger charge is -2.21. The number of nitrogens with zero attached hydrogens (tertiary/aromatic N) is 1. The first-order valence-corrected chi connectivity index (χ1v) is 13.1. The zero-order valence-corrected chi connectivity index (χ0v) is 20.5. The Labute approximate surface area is 205 Å². The second-order valence-electron chi connectivity index (χ2n) is 9.05. The summed E-state index contributed by atoms with van der Waals surface area (Å²) in [5.41, 5.74) is 5.66. The van der Waals surface area contributed by atoms with E-state index in [-0.39, 0.29) is 23.3 Å². The molecule has 0 spiro atoms. The van der Waals surface area contributed by atoms with Gasteiger partial charge in [0.15, 0.2) is 0 Å². The van der Waals surface area contributed by atoms with Gasteiger partial charge in [0.05, 0.1) is 4.90 Å². The zero-order valence-electron chi connectivity index (χ0n) is 19.7. The first kappa shape index (κ1) is 23.1. The van der Waals surface area contributed by atoms with E-state index in [1.807, 2.05) is 55.5 Å². The van der Waals surface area contributed by atoms with Gasteiger partial charge in [0.1, 0.15) is 0 Å². The maximum absolute atomic E-state index is 13.3. The first-order valence-electron chi connectivity index (χ1n) is 11.6. The molecule has 1 aromatic heterocycles. The highest BCUT2D eigenvalue weighted by molar-refractivity contribution is 7.89. The van der Waals surface area contributed by atoms with E-state index < -0.39 is 10.0 Å². The molecule has 3 N–H and O–H groups in total. The highest BCUT2D eigenvalue weighted by atomic mass is 32.2. The van der Waals surface area contributed by atoms with Gasteiger partial charge in [-0.3, -0.25) is 4.79 Å². The molecule has 1 atom stereocenters. The molecule has 1 amide bonds. The maximum Gasteiger partial charge on any atom is 0.240 e. The SMILES string of the molecule is CN(C)c1ccc([C@H](CNS(=O)(=O)c2ccc3c(c2)CCC(=O)N3)c2c[nH]c3ccccc23)cc1. The van der Waals surface area contributed by atoms with Crippen LogP contribution in [0.5, 0.6) is 0 Å². The van der Waals surface area contributed by atoms with Gasteiger partial charge in [-0.1, -0.05) is 30.3 Å². The Balaban J connectivity index is 1.46. The van der Waals surface area contributed by atoms with Gasteiger partial charge in [-0.25, -0.2) is 13.1 Å². The summed E-state index contributed by atoms with van der Waals surface area (Å²) in [5.74, 6) is -0.234. The van der Waals surface area contributed by atoms with Crippen molar-refractivity contribution in [3.05, 3.63) is 89.6 Å². The average molecular weight is 489 g/mol. The Kier molecular flexibility index (Phi) is 6.08. The molecule has 8 heteroatoms. The van der Waals surface area contributed by atoms with Crippen LogP contribution >= 0.6 is 0 Å². The van der Waals surface area contributed by atoms with Crippen LogP contribution in [0.15, 0.2) is 77.8 Å². The predicted molar refractivity (Wildman–Crippen MR) is 139 cm³/mol. The molecule has 2 heterocycles. The van der Waals surface area contributed by atoms with Crippen molar-refractivity contribution in [2.75, 3.05) is 30.9 Å². The Morgan fingerprint density at radius 2 is 1.77 bits per heavy atom. The van der Waals surface area contributed by atoms with Gasteiger partial charge in [-0.15, -0.1) is 0 Å². The summed E-state index contributed by atoms with van der Waals surface area (Å²) in [6, 6.07) is 21.1. The number of amides is 1. The lowest BCUT2D eigenvalue weighted by molar-refractivity contribution is -0.116. The number of anilines is 2. The molecular formula is C27H28N4O3S. The molecule has 0 unspecified atom stereocenters. The summed E-state index contributed by atoms with van der Waals surface area (Å²) in [7, 11) is 0.223. The third-order valence-corrected chi connectivity index (χ3v) is 7.99. The quantitative estimate of drug-likeness (QED) is 0.363. The van der Waals surface area contributed by atoms with Crippen molar-refractivity contribution < 1.29 is 13.2 Å². The molecule has 3 aromatic carbocycles. The molecule has 0 saturated carbocycles. The fraction of sp³-hybridized carbons (Fsp3) is 0.222. The van der Waals surface area contributed by atoms with Crippen molar-refractivity contribution in [2.45, 2.75) is 23.7 Å². The summed E-state index contributed by atoms with van der Waals surface area (Å²) >= 11 is 0. The molecule has 180 valence electrons. The number of para-hydroxylation sites is 1. The van der Waals surface area contributed by atoms with E-state index in [4.69, 9.17) is 0 Å². The normalized spacial score (nSPS) is 14.4. The number of rotatable bonds is 7. The predicted octanol–water partition coefficient (Wildman–Crippen LogP) is 4.23. The molecule has 1 aliphatic heterocycles. The standard InChI is InChI=1S/C27H28N4O3S/c1-31(2)20-10-7-18(8-11-20)23(24-16-28-26-6-4-3-5-22(24)26)17-29-35(33,34)21-12-13-25-19(15-21)9-14-27(32)30-25/h3-8,10-13,15-16,23,28-29H,9,14,17H2,1-2H3,(H,30,32)/t23-/m0/s1. The van der Waals surface area contributed by atoms with E-state index in [1.54, 1.807) is 18.2 Å². The van der Waals surface area contributed by atoms with Gasteiger partial charge in [-0.05, 0) is 59.5 Å². The topological polar surface area (TPSA) is 94.3 Å². The van der Waals surface area contributed by atoms with E-state index in [0.29, 0.717) is 18.5 Å². The fourth-order valence-corrected chi connectivity index (χ4v) is 5.70. The van der Waals surface area contributed by atoms with Gasteiger partial charge in [0.2, 0.25) is 15.9 Å². The first-order chi connectivity index (χ1) is 16.8. The Hall–Kier alpha value is -3.62. The van der Waals surface area contributed by atoms with E-state index in [1.165, 1.54) is 0 Å². The number of sulfonamides is 1. The van der Waals surface area contributed by atoms with Crippen LogP contribution in [-0.4, -0.2) is 39.9 Å². The molecule has 0 saturated heterocycles. The van der Waals surface area contributed by atoms with E-state index >= 15 is 0 Å². The largest absolute Gasteiger partial charge is 0.378 e. The van der Waals surface area contributed by atoms with Gasteiger partial charge >= 0.3 is 0 Å². The van der Waals surface area contributed by atoms with E-state index in [0.717, 1.165) is 33.3 Å².